The molecule has 3 aliphatic heterocycles. The third-order valence-electron chi connectivity index (χ3n) is 19.9. The van der Waals surface area contributed by atoms with Gasteiger partial charge in [-0.2, -0.15) is 11.8 Å². The van der Waals surface area contributed by atoms with Crippen LogP contribution in [-0.2, 0) is 4.74 Å². The molecule has 3 heterocycles. The van der Waals surface area contributed by atoms with Crippen LogP contribution in [0.5, 0.6) is 0 Å². The Morgan fingerprint density at radius 2 is 0.922 bits per heavy atom. The highest BCUT2D eigenvalue weighted by Crippen LogP contribution is 2.62. The Morgan fingerprint density at radius 3 is 1.61 bits per heavy atom. The van der Waals surface area contributed by atoms with Crippen molar-refractivity contribution in [3.8, 4) is 0 Å². The summed E-state index contributed by atoms with van der Waals surface area (Å²) in [5.74, 6) is 12.0. The van der Waals surface area contributed by atoms with Gasteiger partial charge in [0.2, 0.25) is 0 Å². The first kappa shape index (κ1) is 34.5. The lowest BCUT2D eigenvalue weighted by Gasteiger charge is -2.47. The van der Waals surface area contributed by atoms with Crippen molar-refractivity contribution in [2.75, 3.05) is 0 Å². The number of hydrogen-bond acceptors (Lipinski definition) is 3. The van der Waals surface area contributed by atoms with Crippen LogP contribution in [0.15, 0.2) is 0 Å². The zero-order chi connectivity index (χ0) is 33.5. The van der Waals surface area contributed by atoms with E-state index in [0.717, 1.165) is 99.6 Å². The number of ether oxygens (including phenoxy) is 1. The Hall–Kier alpha value is 0.270. The molecule has 15 unspecified atom stereocenters. The molecule has 0 amide bonds. The number of likely N-dealkylation sites (tertiary alicyclic amines) is 1. The van der Waals surface area contributed by atoms with Gasteiger partial charge in [0, 0.05) is 34.5 Å². The Morgan fingerprint density at radius 1 is 0.353 bits per heavy atom. The first-order valence-corrected chi connectivity index (χ1v) is 25.3. The van der Waals surface area contributed by atoms with E-state index in [1.807, 2.05) is 0 Å². The maximum absolute atomic E-state index is 7.56. The zero-order valence-electron chi connectivity index (χ0n) is 32.7. The van der Waals surface area contributed by atoms with E-state index >= 15 is 0 Å². The van der Waals surface area contributed by atoms with Crippen molar-refractivity contribution in [3.63, 3.8) is 0 Å². The molecule has 3 saturated heterocycles. The molecule has 286 valence electrons. The molecule has 11 rings (SSSR count). The van der Waals surface area contributed by atoms with E-state index in [1.165, 1.54) is 122 Å². The van der Waals surface area contributed by atoms with Crippen molar-refractivity contribution in [2.24, 2.45) is 71.0 Å². The van der Waals surface area contributed by atoms with Crippen LogP contribution in [0.1, 0.15) is 186 Å². The van der Waals surface area contributed by atoms with E-state index in [9.17, 15) is 0 Å². The Bertz CT molecular complexity index is 1140. The molecule has 8 aliphatic carbocycles. The summed E-state index contributed by atoms with van der Waals surface area (Å²) in [5, 5.41) is 1.93. The summed E-state index contributed by atoms with van der Waals surface area (Å²) < 4.78 is 7.56. The van der Waals surface area contributed by atoms with Crippen LogP contribution in [0.25, 0.3) is 0 Å². The number of thioether (sulfide) groups is 1. The molecule has 0 aromatic heterocycles. The Labute approximate surface area is 318 Å². The van der Waals surface area contributed by atoms with Crippen molar-refractivity contribution in [3.05, 3.63) is 0 Å². The van der Waals surface area contributed by atoms with E-state index in [-0.39, 0.29) is 0 Å². The van der Waals surface area contributed by atoms with Gasteiger partial charge >= 0.3 is 0 Å². The lowest BCUT2D eigenvalue weighted by molar-refractivity contribution is -0.0761. The molecule has 51 heavy (non-hydrogen) atoms. The van der Waals surface area contributed by atoms with Crippen LogP contribution in [0, 0.1) is 71.0 Å². The number of rotatable bonds is 4. The van der Waals surface area contributed by atoms with E-state index in [2.05, 4.69) is 16.7 Å². The lowest BCUT2D eigenvalue weighted by Crippen LogP contribution is -2.50. The molecule has 3 heteroatoms. The quantitative estimate of drug-likeness (QED) is 0.287. The topological polar surface area (TPSA) is 12.5 Å². The first-order chi connectivity index (χ1) is 25.3. The van der Waals surface area contributed by atoms with Crippen molar-refractivity contribution in [1.82, 2.24) is 4.90 Å². The van der Waals surface area contributed by atoms with E-state index in [0.29, 0.717) is 12.2 Å². The van der Waals surface area contributed by atoms with Gasteiger partial charge < -0.3 is 4.74 Å². The zero-order valence-corrected chi connectivity index (χ0v) is 33.6. The summed E-state index contributed by atoms with van der Waals surface area (Å²) in [6.45, 7) is 0. The average Bonchev–Trinajstić information content (AvgIpc) is 3.87. The van der Waals surface area contributed by atoms with Gasteiger partial charge in [0.05, 0.1) is 12.2 Å². The molecular weight excluding hydrogens is 639 g/mol. The van der Waals surface area contributed by atoms with Crippen LogP contribution in [0.3, 0.4) is 0 Å². The molecule has 0 radical (unpaired) electrons. The highest BCUT2D eigenvalue weighted by molar-refractivity contribution is 8.00. The fourth-order valence-corrected chi connectivity index (χ4v) is 19.9. The largest absolute Gasteiger partial charge is 0.374 e. The summed E-state index contributed by atoms with van der Waals surface area (Å²) in [6, 6.07) is 2.81. The van der Waals surface area contributed by atoms with Crippen LogP contribution < -0.4 is 0 Å². The minimum Gasteiger partial charge on any atom is -0.374 e. The Kier molecular flexibility index (Phi) is 9.91. The van der Waals surface area contributed by atoms with Crippen LogP contribution in [0.4, 0.5) is 0 Å². The van der Waals surface area contributed by atoms with Crippen LogP contribution >= 0.6 is 11.8 Å². The van der Waals surface area contributed by atoms with Gasteiger partial charge in [0.15, 0.2) is 0 Å². The van der Waals surface area contributed by atoms with Crippen molar-refractivity contribution >= 4 is 11.8 Å². The molecule has 15 atom stereocenters. The fraction of sp³-hybridized carbons (Fsp3) is 1.00. The maximum atomic E-state index is 7.56. The third kappa shape index (κ3) is 6.13. The molecule has 0 spiro atoms. The molecule has 2 nitrogen and oxygen atoms in total. The van der Waals surface area contributed by atoms with Gasteiger partial charge in [-0.05, 0) is 168 Å². The van der Waals surface area contributed by atoms with Gasteiger partial charge in [0.1, 0.15) is 0 Å². The number of nitrogens with zero attached hydrogens (tertiary/aromatic N) is 1. The Balaban J connectivity index is 0.779. The highest BCUT2D eigenvalue weighted by atomic mass is 32.2. The summed E-state index contributed by atoms with van der Waals surface area (Å²) in [5.41, 5.74) is 0. The predicted molar refractivity (Wildman–Crippen MR) is 213 cm³/mol. The predicted octanol–water partition coefficient (Wildman–Crippen LogP) is 12.5. The summed E-state index contributed by atoms with van der Waals surface area (Å²) in [6.07, 6.45) is 46.0. The molecule has 0 aromatic rings. The van der Waals surface area contributed by atoms with Gasteiger partial charge in [-0.3, -0.25) is 4.90 Å². The number of fused-ring (bicyclic) bond motifs is 10. The monoisotopic (exact) mass is 716 g/mol. The maximum Gasteiger partial charge on any atom is 0.0652 e. The minimum atomic E-state index is 0.632. The minimum absolute atomic E-state index is 0.632. The summed E-state index contributed by atoms with van der Waals surface area (Å²) >= 11 is 2.45. The van der Waals surface area contributed by atoms with Crippen molar-refractivity contribution in [1.29, 1.82) is 0 Å². The second-order valence-electron chi connectivity index (χ2n) is 21.7. The van der Waals surface area contributed by atoms with Gasteiger partial charge in [0.25, 0.3) is 0 Å². The second kappa shape index (κ2) is 14.6. The standard InChI is InChI=1S/C48H77NOS/c1-3-10-30(11-4-1)33-20-25-42-40(28-33)41-29-34(31-12-5-2-6-13-31)21-26-43(41)49(42)35-22-18-32(19-23-35)36-15-9-16-37-38-24-27-45-46(48(38)50-47(36)37)39-14-7-8-17-44(39)51-45/h30-48H,1-29H2. The molecule has 0 bridgehead atoms. The molecule has 11 fully saturated rings. The molecule has 0 N–H and O–H groups in total. The van der Waals surface area contributed by atoms with Gasteiger partial charge in [-0.1, -0.05) is 83.5 Å². The summed E-state index contributed by atoms with van der Waals surface area (Å²) in [7, 11) is 0. The van der Waals surface area contributed by atoms with E-state index in [4.69, 9.17) is 4.74 Å². The van der Waals surface area contributed by atoms with Gasteiger partial charge in [-0.25, -0.2) is 0 Å². The van der Waals surface area contributed by atoms with E-state index in [1.54, 1.807) is 64.2 Å². The highest BCUT2D eigenvalue weighted by Gasteiger charge is 2.61. The normalized spacial score (nSPS) is 53.8. The fourth-order valence-electron chi connectivity index (χ4n) is 17.9. The second-order valence-corrected chi connectivity index (χ2v) is 23.2. The van der Waals surface area contributed by atoms with Crippen LogP contribution in [0.2, 0.25) is 0 Å². The SMILES string of the molecule is C1CCC(C2CCC3C(C2)C2CC(C4CCCCC4)CCC2N3C2CCC(C3CCCC4C5CCC6SC7CCCCC7C6C5OC34)CC2)CC1. The molecule has 8 saturated carbocycles. The molecular formula is C48H77NOS. The van der Waals surface area contributed by atoms with Crippen LogP contribution in [-0.4, -0.2) is 45.7 Å². The smallest absolute Gasteiger partial charge is 0.0652 e. The lowest BCUT2D eigenvalue weighted by atomic mass is 9.62. The summed E-state index contributed by atoms with van der Waals surface area (Å²) in [4.78, 5) is 3.36. The first-order valence-electron chi connectivity index (χ1n) is 24.4. The third-order valence-corrected chi connectivity index (χ3v) is 21.8. The van der Waals surface area contributed by atoms with E-state index < -0.39 is 0 Å². The number of hydrogen-bond donors (Lipinski definition) is 0. The van der Waals surface area contributed by atoms with Crippen molar-refractivity contribution in [2.45, 2.75) is 227 Å². The van der Waals surface area contributed by atoms with Crippen molar-refractivity contribution < 1.29 is 4.74 Å². The average molecular weight is 716 g/mol. The molecule has 0 aromatic carbocycles. The van der Waals surface area contributed by atoms with Gasteiger partial charge in [-0.15, -0.1) is 0 Å². The molecule has 11 aliphatic rings.